The third-order valence-electron chi connectivity index (χ3n) is 3.17. The van der Waals surface area contributed by atoms with E-state index >= 15 is 0 Å². The molecule has 0 aromatic heterocycles. The lowest BCUT2D eigenvalue weighted by atomic mass is 9.94. The van der Waals surface area contributed by atoms with Crippen LogP contribution < -0.4 is 10.6 Å². The summed E-state index contributed by atoms with van der Waals surface area (Å²) >= 11 is 9.42. The molecule has 2 rings (SSSR count). The van der Waals surface area contributed by atoms with E-state index in [4.69, 9.17) is 11.6 Å². The summed E-state index contributed by atoms with van der Waals surface area (Å²) in [6.07, 6.45) is 2.00. The summed E-state index contributed by atoms with van der Waals surface area (Å²) in [5.74, 6) is 0.571. The number of halogens is 2. The SMILES string of the molecule is CC1CCNC(C(=O)Nc2cc(Br)ccc2Cl)C1. The normalized spacial score (nSPS) is 23.7. The third kappa shape index (κ3) is 3.46. The fourth-order valence-corrected chi connectivity index (χ4v) is 2.65. The quantitative estimate of drug-likeness (QED) is 0.872. The lowest BCUT2D eigenvalue weighted by Crippen LogP contribution is -2.45. The van der Waals surface area contributed by atoms with Gasteiger partial charge in [-0.15, -0.1) is 0 Å². The summed E-state index contributed by atoms with van der Waals surface area (Å²) in [5, 5.41) is 6.67. The molecule has 1 amide bonds. The highest BCUT2D eigenvalue weighted by atomic mass is 79.9. The zero-order valence-corrected chi connectivity index (χ0v) is 12.5. The van der Waals surface area contributed by atoms with E-state index in [0.717, 1.165) is 23.9 Å². The second kappa shape index (κ2) is 6.04. The number of hydrogen-bond donors (Lipinski definition) is 2. The summed E-state index contributed by atoms with van der Waals surface area (Å²) in [6, 6.07) is 5.30. The molecule has 1 aliphatic heterocycles. The smallest absolute Gasteiger partial charge is 0.241 e. The first-order chi connectivity index (χ1) is 8.56. The molecule has 1 aromatic rings. The number of piperidine rings is 1. The van der Waals surface area contributed by atoms with Crippen LogP contribution in [-0.2, 0) is 4.79 Å². The van der Waals surface area contributed by atoms with Crippen LogP contribution in [0.25, 0.3) is 0 Å². The molecule has 0 spiro atoms. The highest BCUT2D eigenvalue weighted by Gasteiger charge is 2.24. The minimum Gasteiger partial charge on any atom is -0.323 e. The molecular formula is C13H16BrClN2O. The van der Waals surface area contributed by atoms with Gasteiger partial charge in [-0.2, -0.15) is 0 Å². The molecule has 1 heterocycles. The lowest BCUT2D eigenvalue weighted by molar-refractivity contribution is -0.119. The summed E-state index contributed by atoms with van der Waals surface area (Å²) < 4.78 is 0.896. The van der Waals surface area contributed by atoms with Crippen molar-refractivity contribution >= 4 is 39.1 Å². The molecule has 3 nitrogen and oxygen atoms in total. The topological polar surface area (TPSA) is 41.1 Å². The van der Waals surface area contributed by atoms with Gasteiger partial charge in [0.25, 0.3) is 0 Å². The van der Waals surface area contributed by atoms with Gasteiger partial charge >= 0.3 is 0 Å². The molecule has 18 heavy (non-hydrogen) atoms. The van der Waals surface area contributed by atoms with Crippen LogP contribution in [0.3, 0.4) is 0 Å². The molecule has 2 N–H and O–H groups in total. The van der Waals surface area contributed by atoms with Gasteiger partial charge in [-0.1, -0.05) is 34.5 Å². The van der Waals surface area contributed by atoms with Crippen molar-refractivity contribution in [2.24, 2.45) is 5.92 Å². The van der Waals surface area contributed by atoms with Crippen molar-refractivity contribution in [2.75, 3.05) is 11.9 Å². The Morgan fingerprint density at radius 2 is 2.33 bits per heavy atom. The zero-order valence-electron chi connectivity index (χ0n) is 10.2. The van der Waals surface area contributed by atoms with Gasteiger partial charge in [-0.25, -0.2) is 0 Å². The number of nitrogens with one attached hydrogen (secondary N) is 2. The number of carbonyl (C=O) groups excluding carboxylic acids is 1. The Morgan fingerprint density at radius 1 is 1.56 bits per heavy atom. The average molecular weight is 332 g/mol. The van der Waals surface area contributed by atoms with Gasteiger partial charge in [0, 0.05) is 4.47 Å². The molecule has 1 saturated heterocycles. The van der Waals surface area contributed by atoms with E-state index in [0.29, 0.717) is 16.6 Å². The van der Waals surface area contributed by atoms with E-state index < -0.39 is 0 Å². The van der Waals surface area contributed by atoms with Crippen LogP contribution in [0, 0.1) is 5.92 Å². The van der Waals surface area contributed by atoms with Gasteiger partial charge in [0.05, 0.1) is 16.8 Å². The standard InChI is InChI=1S/C13H16BrClN2O/c1-8-4-5-16-12(6-8)13(18)17-11-7-9(14)2-3-10(11)15/h2-3,7-8,12,16H,4-6H2,1H3,(H,17,18). The Kier molecular flexibility index (Phi) is 4.65. The fourth-order valence-electron chi connectivity index (χ4n) is 2.12. The van der Waals surface area contributed by atoms with Crippen LogP contribution in [0.2, 0.25) is 5.02 Å². The third-order valence-corrected chi connectivity index (χ3v) is 3.99. The molecule has 0 saturated carbocycles. The van der Waals surface area contributed by atoms with E-state index in [2.05, 4.69) is 33.5 Å². The Labute approximate surface area is 120 Å². The predicted octanol–water partition coefficient (Wildman–Crippen LogP) is 3.43. The number of amides is 1. The second-order valence-corrected chi connectivity index (χ2v) is 6.07. The molecule has 98 valence electrons. The first kappa shape index (κ1) is 13.8. The van der Waals surface area contributed by atoms with Crippen LogP contribution >= 0.6 is 27.5 Å². The zero-order chi connectivity index (χ0) is 13.1. The van der Waals surface area contributed by atoms with Crippen LogP contribution in [0.15, 0.2) is 22.7 Å². The number of benzene rings is 1. The Bertz CT molecular complexity index is 453. The Balaban J connectivity index is 2.04. The summed E-state index contributed by atoms with van der Waals surface area (Å²) in [5.41, 5.74) is 0.649. The van der Waals surface area contributed by atoms with Crippen molar-refractivity contribution < 1.29 is 4.79 Å². The van der Waals surface area contributed by atoms with E-state index in [9.17, 15) is 4.79 Å². The maximum absolute atomic E-state index is 12.1. The van der Waals surface area contributed by atoms with E-state index in [1.807, 2.05) is 12.1 Å². The van der Waals surface area contributed by atoms with Gasteiger partial charge in [0.15, 0.2) is 0 Å². The van der Waals surface area contributed by atoms with Gasteiger partial charge in [0.1, 0.15) is 0 Å². The van der Waals surface area contributed by atoms with Gasteiger partial charge in [-0.3, -0.25) is 4.79 Å². The molecule has 2 unspecified atom stereocenters. The van der Waals surface area contributed by atoms with Crippen molar-refractivity contribution in [3.63, 3.8) is 0 Å². The maximum atomic E-state index is 12.1. The van der Waals surface area contributed by atoms with Crippen LogP contribution in [-0.4, -0.2) is 18.5 Å². The highest BCUT2D eigenvalue weighted by molar-refractivity contribution is 9.10. The number of hydrogen-bond acceptors (Lipinski definition) is 2. The van der Waals surface area contributed by atoms with Gasteiger partial charge in [0.2, 0.25) is 5.91 Å². The molecule has 0 radical (unpaired) electrons. The number of carbonyl (C=O) groups is 1. The van der Waals surface area contributed by atoms with Gasteiger partial charge < -0.3 is 10.6 Å². The number of rotatable bonds is 2. The lowest BCUT2D eigenvalue weighted by Gasteiger charge is -2.27. The van der Waals surface area contributed by atoms with Crippen LogP contribution in [0.4, 0.5) is 5.69 Å². The summed E-state index contributed by atoms with van der Waals surface area (Å²) in [4.78, 5) is 12.1. The summed E-state index contributed by atoms with van der Waals surface area (Å²) in [7, 11) is 0. The molecule has 5 heteroatoms. The molecule has 1 aliphatic rings. The molecule has 1 aromatic carbocycles. The minimum atomic E-state index is -0.121. The highest BCUT2D eigenvalue weighted by Crippen LogP contribution is 2.26. The summed E-state index contributed by atoms with van der Waals surface area (Å²) in [6.45, 7) is 3.07. The molecule has 1 fully saturated rings. The molecule has 0 bridgehead atoms. The maximum Gasteiger partial charge on any atom is 0.241 e. The molecular weight excluding hydrogens is 316 g/mol. The average Bonchev–Trinajstić information content (AvgIpc) is 2.34. The van der Waals surface area contributed by atoms with Crippen LogP contribution in [0.5, 0.6) is 0 Å². The van der Waals surface area contributed by atoms with Crippen LogP contribution in [0.1, 0.15) is 19.8 Å². The van der Waals surface area contributed by atoms with Crippen molar-refractivity contribution in [3.05, 3.63) is 27.7 Å². The fraction of sp³-hybridized carbons (Fsp3) is 0.462. The first-order valence-electron chi connectivity index (χ1n) is 6.05. The Morgan fingerprint density at radius 3 is 3.06 bits per heavy atom. The second-order valence-electron chi connectivity index (χ2n) is 4.75. The van der Waals surface area contributed by atoms with Crippen molar-refractivity contribution in [1.82, 2.24) is 5.32 Å². The molecule has 2 atom stereocenters. The predicted molar refractivity (Wildman–Crippen MR) is 78.0 cm³/mol. The van der Waals surface area contributed by atoms with E-state index in [-0.39, 0.29) is 11.9 Å². The Hall–Kier alpha value is -0.580. The van der Waals surface area contributed by atoms with Crippen molar-refractivity contribution in [3.8, 4) is 0 Å². The largest absolute Gasteiger partial charge is 0.323 e. The van der Waals surface area contributed by atoms with E-state index in [1.165, 1.54) is 0 Å². The minimum absolute atomic E-state index is 0.0125. The first-order valence-corrected chi connectivity index (χ1v) is 7.22. The monoisotopic (exact) mass is 330 g/mol. The molecule has 0 aliphatic carbocycles. The van der Waals surface area contributed by atoms with Crippen molar-refractivity contribution in [2.45, 2.75) is 25.8 Å². The van der Waals surface area contributed by atoms with Crippen molar-refractivity contribution in [1.29, 1.82) is 0 Å². The van der Waals surface area contributed by atoms with Gasteiger partial charge in [-0.05, 0) is 43.5 Å². The van der Waals surface area contributed by atoms with E-state index in [1.54, 1.807) is 6.07 Å². The number of anilines is 1.